The summed E-state index contributed by atoms with van der Waals surface area (Å²) >= 11 is 3.36. The number of hydrogen-bond acceptors (Lipinski definition) is 5. The van der Waals surface area contributed by atoms with Crippen molar-refractivity contribution in [3.63, 3.8) is 0 Å². The Labute approximate surface area is 157 Å². The third kappa shape index (κ3) is 2.54. The molecule has 1 aromatic carbocycles. The molecule has 3 aromatic rings. The van der Waals surface area contributed by atoms with Crippen LogP contribution >= 0.6 is 15.9 Å². The maximum absolute atomic E-state index is 13.1. The summed E-state index contributed by atoms with van der Waals surface area (Å²) in [5.41, 5.74) is 0.428. The van der Waals surface area contributed by atoms with Gasteiger partial charge in [0.05, 0.1) is 5.56 Å². The first-order valence-corrected chi connectivity index (χ1v) is 8.70. The van der Waals surface area contributed by atoms with Gasteiger partial charge in [0, 0.05) is 22.0 Å². The second-order valence-electron chi connectivity index (χ2n) is 5.89. The van der Waals surface area contributed by atoms with Gasteiger partial charge in [0.25, 0.3) is 5.56 Å². The average Bonchev–Trinajstić information content (AvgIpc) is 2.91. The number of hydrogen-bond donors (Lipinski definition) is 1. The Bertz CT molecular complexity index is 1170. The molecule has 0 spiro atoms. The number of carbonyl (C=O) groups is 1. The van der Waals surface area contributed by atoms with Gasteiger partial charge in [-0.1, -0.05) is 15.9 Å². The molecule has 0 radical (unpaired) electrons. The van der Waals surface area contributed by atoms with E-state index in [0.29, 0.717) is 11.1 Å². The molecule has 0 atom stereocenters. The summed E-state index contributed by atoms with van der Waals surface area (Å²) < 4.78 is 7.54. The first kappa shape index (κ1) is 18.0. The summed E-state index contributed by atoms with van der Waals surface area (Å²) in [5, 5.41) is 20.6. The van der Waals surface area contributed by atoms with Crippen LogP contribution in [0.5, 0.6) is 5.88 Å². The molecule has 0 amide bonds. The summed E-state index contributed by atoms with van der Waals surface area (Å²) in [6.45, 7) is 5.00. The molecule has 26 heavy (non-hydrogen) atoms. The van der Waals surface area contributed by atoms with Crippen LogP contribution in [0.3, 0.4) is 0 Å². The van der Waals surface area contributed by atoms with Crippen LogP contribution in [0.1, 0.15) is 39.7 Å². The van der Waals surface area contributed by atoms with Crippen LogP contribution in [0.4, 0.5) is 0 Å². The Hall–Kier alpha value is -2.85. The van der Waals surface area contributed by atoms with Crippen molar-refractivity contribution in [2.75, 3.05) is 0 Å². The summed E-state index contributed by atoms with van der Waals surface area (Å²) in [5.74, 6) is -0.953. The summed E-state index contributed by atoms with van der Waals surface area (Å²) in [4.78, 5) is 25.4. The van der Waals surface area contributed by atoms with Gasteiger partial charge >= 0.3 is 0 Å². The maximum atomic E-state index is 13.1. The lowest BCUT2D eigenvalue weighted by molar-refractivity contribution is 0.101. The smallest absolute Gasteiger partial charge is 0.271 e. The van der Waals surface area contributed by atoms with Crippen molar-refractivity contribution in [1.29, 1.82) is 5.26 Å². The minimum absolute atomic E-state index is 0.0710. The summed E-state index contributed by atoms with van der Waals surface area (Å²) in [6.07, 6.45) is 0. The highest BCUT2D eigenvalue weighted by atomic mass is 79.9. The monoisotopic (exact) mass is 414 g/mol. The second kappa shape index (κ2) is 6.46. The third-order valence-electron chi connectivity index (χ3n) is 4.45. The van der Waals surface area contributed by atoms with Gasteiger partial charge in [0.2, 0.25) is 11.7 Å². The fourth-order valence-electron chi connectivity index (χ4n) is 3.05. The van der Waals surface area contributed by atoms with Crippen molar-refractivity contribution in [2.45, 2.75) is 27.3 Å². The van der Waals surface area contributed by atoms with Crippen LogP contribution in [0.15, 0.2) is 31.9 Å². The average molecular weight is 415 g/mol. The van der Waals surface area contributed by atoms with Crippen molar-refractivity contribution in [2.24, 2.45) is 0 Å². The molecule has 7 heteroatoms. The number of nitriles is 1. The molecule has 3 rings (SSSR count). The van der Waals surface area contributed by atoms with Crippen molar-refractivity contribution in [3.05, 3.63) is 61.0 Å². The molecule has 0 aliphatic carbocycles. The molecule has 1 N–H and O–H groups in total. The van der Waals surface area contributed by atoms with Gasteiger partial charge < -0.3 is 9.52 Å². The molecular formula is C19H15BrN2O4. The number of aryl methyl sites for hydroxylation is 1. The predicted octanol–water partition coefficient (Wildman–Crippen LogP) is 3.80. The number of halogens is 1. The number of ketones is 1. The van der Waals surface area contributed by atoms with E-state index in [0.717, 1.165) is 14.4 Å². The van der Waals surface area contributed by atoms with Crippen molar-refractivity contribution < 1.29 is 14.3 Å². The number of nitrogens with zero attached hydrogens (tertiary/aromatic N) is 2. The van der Waals surface area contributed by atoms with Gasteiger partial charge in [-0.05, 0) is 44.5 Å². The van der Waals surface area contributed by atoms with E-state index < -0.39 is 17.2 Å². The molecule has 0 saturated heterocycles. The van der Waals surface area contributed by atoms with E-state index in [1.54, 1.807) is 19.9 Å². The van der Waals surface area contributed by atoms with Gasteiger partial charge in [-0.25, -0.2) is 0 Å². The number of furan rings is 1. The number of aromatic hydroxyl groups is 1. The van der Waals surface area contributed by atoms with Gasteiger partial charge in [0.1, 0.15) is 17.2 Å². The van der Waals surface area contributed by atoms with E-state index in [4.69, 9.17) is 4.42 Å². The zero-order chi connectivity index (χ0) is 19.2. The summed E-state index contributed by atoms with van der Waals surface area (Å²) in [6, 6.07) is 7.25. The molecular weight excluding hydrogens is 400 g/mol. The standard InChI is InChI=1S/C19H15BrN2O4/c1-4-22-18(24)13(8-21)9(2)15(19(22)25)16(23)17-10(3)12-6-5-11(20)7-14(12)26-17/h5-7,25H,4H2,1-3H3. The third-order valence-corrected chi connectivity index (χ3v) is 4.94. The Morgan fingerprint density at radius 3 is 2.65 bits per heavy atom. The van der Waals surface area contributed by atoms with Crippen LogP contribution in [-0.4, -0.2) is 15.5 Å². The van der Waals surface area contributed by atoms with Crippen LogP contribution in [0.2, 0.25) is 0 Å². The predicted molar refractivity (Wildman–Crippen MR) is 99.6 cm³/mol. The van der Waals surface area contributed by atoms with E-state index in [2.05, 4.69) is 15.9 Å². The van der Waals surface area contributed by atoms with E-state index in [1.165, 1.54) is 6.92 Å². The molecule has 0 bridgehead atoms. The molecule has 2 heterocycles. The normalized spacial score (nSPS) is 10.9. The molecule has 6 nitrogen and oxygen atoms in total. The number of fused-ring (bicyclic) bond motifs is 1. The van der Waals surface area contributed by atoms with E-state index in [9.17, 15) is 20.0 Å². The Morgan fingerprint density at radius 2 is 2.04 bits per heavy atom. The Balaban J connectivity index is 2.31. The zero-order valence-corrected chi connectivity index (χ0v) is 16.0. The topological polar surface area (TPSA) is 96.2 Å². The lowest BCUT2D eigenvalue weighted by Crippen LogP contribution is -2.26. The lowest BCUT2D eigenvalue weighted by Gasteiger charge is -2.13. The van der Waals surface area contributed by atoms with Crippen LogP contribution in [-0.2, 0) is 6.54 Å². The van der Waals surface area contributed by atoms with E-state index in [-0.39, 0.29) is 29.0 Å². The largest absolute Gasteiger partial charge is 0.494 e. The van der Waals surface area contributed by atoms with E-state index >= 15 is 0 Å². The number of benzene rings is 1. The minimum Gasteiger partial charge on any atom is -0.494 e. The Kier molecular flexibility index (Phi) is 4.46. The molecule has 2 aromatic heterocycles. The highest BCUT2D eigenvalue weighted by Gasteiger charge is 2.28. The number of rotatable bonds is 3. The molecule has 132 valence electrons. The van der Waals surface area contributed by atoms with Crippen molar-refractivity contribution >= 4 is 32.7 Å². The number of pyridine rings is 1. The summed E-state index contributed by atoms with van der Waals surface area (Å²) in [7, 11) is 0. The van der Waals surface area contributed by atoms with Crippen molar-refractivity contribution in [3.8, 4) is 11.9 Å². The molecule has 0 saturated carbocycles. The highest BCUT2D eigenvalue weighted by Crippen LogP contribution is 2.32. The SMILES string of the molecule is CCn1c(O)c(C(=O)c2oc3cc(Br)ccc3c2C)c(C)c(C#N)c1=O. The van der Waals surface area contributed by atoms with Crippen molar-refractivity contribution in [1.82, 2.24) is 4.57 Å². The fourth-order valence-corrected chi connectivity index (χ4v) is 3.39. The van der Waals surface area contributed by atoms with Gasteiger partial charge in [-0.15, -0.1) is 0 Å². The van der Waals surface area contributed by atoms with Crippen LogP contribution < -0.4 is 5.56 Å². The highest BCUT2D eigenvalue weighted by molar-refractivity contribution is 9.10. The van der Waals surface area contributed by atoms with Crippen LogP contribution in [0, 0.1) is 25.2 Å². The minimum atomic E-state index is -0.619. The second-order valence-corrected chi connectivity index (χ2v) is 6.80. The first-order chi connectivity index (χ1) is 12.3. The van der Waals surface area contributed by atoms with Gasteiger partial charge in [-0.3, -0.25) is 14.2 Å². The zero-order valence-electron chi connectivity index (χ0n) is 14.4. The van der Waals surface area contributed by atoms with Crippen LogP contribution in [0.25, 0.3) is 11.0 Å². The number of aromatic nitrogens is 1. The first-order valence-electron chi connectivity index (χ1n) is 7.91. The lowest BCUT2D eigenvalue weighted by atomic mass is 9.98. The maximum Gasteiger partial charge on any atom is 0.271 e. The molecule has 0 unspecified atom stereocenters. The molecule has 0 aliphatic rings. The Morgan fingerprint density at radius 1 is 1.35 bits per heavy atom. The fraction of sp³-hybridized carbons (Fsp3) is 0.211. The van der Waals surface area contributed by atoms with Gasteiger partial charge in [0.15, 0.2) is 5.76 Å². The number of carbonyl (C=O) groups excluding carboxylic acids is 1. The molecule has 0 aliphatic heterocycles. The van der Waals surface area contributed by atoms with E-state index in [1.807, 2.05) is 18.2 Å². The molecule has 0 fully saturated rings. The van der Waals surface area contributed by atoms with Gasteiger partial charge in [-0.2, -0.15) is 5.26 Å². The quantitative estimate of drug-likeness (QED) is 0.657.